The molecule has 8 nitrogen and oxygen atoms in total. The molecular formula is C21H26N6O2S. The Balaban J connectivity index is 1.42. The third kappa shape index (κ3) is 4.08. The topological polar surface area (TPSA) is 84.2 Å². The van der Waals surface area contributed by atoms with Crippen molar-refractivity contribution in [1.29, 1.82) is 0 Å². The van der Waals surface area contributed by atoms with Gasteiger partial charge in [0.05, 0.1) is 4.90 Å². The van der Waals surface area contributed by atoms with E-state index in [2.05, 4.69) is 40.9 Å². The number of rotatable bonds is 4. The third-order valence-corrected chi connectivity index (χ3v) is 7.24. The summed E-state index contributed by atoms with van der Waals surface area (Å²) in [5.74, 6) is 1.43. The molecule has 9 heteroatoms. The van der Waals surface area contributed by atoms with E-state index in [1.807, 2.05) is 24.3 Å². The molecule has 1 aliphatic rings. The predicted molar refractivity (Wildman–Crippen MR) is 115 cm³/mol. The van der Waals surface area contributed by atoms with E-state index in [1.54, 1.807) is 39.7 Å². The van der Waals surface area contributed by atoms with Gasteiger partial charge in [-0.05, 0) is 35.2 Å². The van der Waals surface area contributed by atoms with Crippen LogP contribution in [-0.4, -0.2) is 58.7 Å². The van der Waals surface area contributed by atoms with Crippen LogP contribution in [0, 0.1) is 0 Å². The summed E-state index contributed by atoms with van der Waals surface area (Å²) in [4.78, 5) is 6.40. The van der Waals surface area contributed by atoms with E-state index in [9.17, 15) is 8.42 Å². The molecule has 0 atom stereocenters. The molecule has 1 saturated heterocycles. The van der Waals surface area contributed by atoms with Crippen molar-refractivity contribution in [2.24, 2.45) is 0 Å². The molecule has 0 unspecified atom stereocenters. The number of anilines is 1. The zero-order chi connectivity index (χ0) is 21.4. The summed E-state index contributed by atoms with van der Waals surface area (Å²) < 4.78 is 29.4. The molecule has 2 aromatic heterocycles. The van der Waals surface area contributed by atoms with Crippen LogP contribution in [0.1, 0.15) is 26.3 Å². The summed E-state index contributed by atoms with van der Waals surface area (Å²) in [6, 6.07) is 11.0. The van der Waals surface area contributed by atoms with E-state index in [4.69, 9.17) is 0 Å². The zero-order valence-corrected chi connectivity index (χ0v) is 18.2. The van der Waals surface area contributed by atoms with Gasteiger partial charge in [0.2, 0.25) is 10.0 Å². The van der Waals surface area contributed by atoms with Gasteiger partial charge >= 0.3 is 0 Å². The van der Waals surface area contributed by atoms with Gasteiger partial charge in [0.25, 0.3) is 0 Å². The van der Waals surface area contributed by atoms with E-state index >= 15 is 0 Å². The van der Waals surface area contributed by atoms with Crippen LogP contribution in [0.25, 0.3) is 5.82 Å². The van der Waals surface area contributed by atoms with E-state index in [-0.39, 0.29) is 5.41 Å². The predicted octanol–water partition coefficient (Wildman–Crippen LogP) is 2.47. The first kappa shape index (κ1) is 20.5. The first-order valence-corrected chi connectivity index (χ1v) is 11.4. The Morgan fingerprint density at radius 3 is 2.03 bits per heavy atom. The van der Waals surface area contributed by atoms with E-state index in [0.29, 0.717) is 36.9 Å². The SMILES string of the molecule is CC(C)(C)c1ccc(S(=O)(=O)N2CCN(c3ccc(-n4ccnc4)nn3)CC2)cc1. The van der Waals surface area contributed by atoms with Crippen molar-refractivity contribution in [3.05, 3.63) is 60.7 Å². The minimum absolute atomic E-state index is 0.0115. The Morgan fingerprint density at radius 1 is 0.867 bits per heavy atom. The molecule has 30 heavy (non-hydrogen) atoms. The van der Waals surface area contributed by atoms with Crippen molar-refractivity contribution in [3.8, 4) is 5.82 Å². The quantitative estimate of drug-likeness (QED) is 0.637. The smallest absolute Gasteiger partial charge is 0.243 e. The molecule has 0 aliphatic carbocycles. The highest BCUT2D eigenvalue weighted by Crippen LogP contribution is 2.25. The molecule has 0 N–H and O–H groups in total. The number of hydrogen-bond donors (Lipinski definition) is 0. The monoisotopic (exact) mass is 426 g/mol. The number of piperazine rings is 1. The number of aromatic nitrogens is 4. The number of imidazole rings is 1. The van der Waals surface area contributed by atoms with Crippen molar-refractivity contribution in [2.45, 2.75) is 31.1 Å². The van der Waals surface area contributed by atoms with Gasteiger partial charge in [-0.2, -0.15) is 4.31 Å². The Bertz CT molecular complexity index is 1080. The van der Waals surface area contributed by atoms with E-state index in [1.165, 1.54) is 0 Å². The van der Waals surface area contributed by atoms with Crippen LogP contribution in [0.4, 0.5) is 5.82 Å². The van der Waals surface area contributed by atoms with Crippen LogP contribution < -0.4 is 4.90 Å². The largest absolute Gasteiger partial charge is 0.352 e. The maximum Gasteiger partial charge on any atom is 0.243 e. The Morgan fingerprint density at radius 2 is 1.50 bits per heavy atom. The maximum absolute atomic E-state index is 13.0. The van der Waals surface area contributed by atoms with Crippen LogP contribution in [0.2, 0.25) is 0 Å². The van der Waals surface area contributed by atoms with Gasteiger partial charge in [-0.15, -0.1) is 10.2 Å². The highest BCUT2D eigenvalue weighted by atomic mass is 32.2. The van der Waals surface area contributed by atoms with Gasteiger partial charge in [0.1, 0.15) is 6.33 Å². The highest BCUT2D eigenvalue weighted by Gasteiger charge is 2.29. The van der Waals surface area contributed by atoms with E-state index in [0.717, 1.165) is 11.4 Å². The standard InChI is InChI=1S/C21H26N6O2S/c1-21(2,3)17-4-6-18(7-5-17)30(28,29)27-14-12-25(13-15-27)19-8-9-20(24-23-19)26-11-10-22-16-26/h4-11,16H,12-15H2,1-3H3. The molecule has 0 bridgehead atoms. The molecular weight excluding hydrogens is 400 g/mol. The Kier molecular flexibility index (Phi) is 5.33. The van der Waals surface area contributed by atoms with Crippen molar-refractivity contribution >= 4 is 15.8 Å². The van der Waals surface area contributed by atoms with E-state index < -0.39 is 10.0 Å². The number of hydrogen-bond acceptors (Lipinski definition) is 6. The van der Waals surface area contributed by atoms with Gasteiger partial charge in [-0.25, -0.2) is 13.4 Å². The summed E-state index contributed by atoms with van der Waals surface area (Å²) in [6.07, 6.45) is 5.16. The second kappa shape index (κ2) is 7.81. The van der Waals surface area contributed by atoms with Crippen LogP contribution in [-0.2, 0) is 15.4 Å². The molecule has 1 aromatic carbocycles. The molecule has 3 aromatic rings. The van der Waals surface area contributed by atoms with Crippen molar-refractivity contribution in [1.82, 2.24) is 24.1 Å². The van der Waals surface area contributed by atoms with Gasteiger partial charge < -0.3 is 4.90 Å². The van der Waals surface area contributed by atoms with Crippen LogP contribution in [0.3, 0.4) is 0 Å². The second-order valence-electron chi connectivity index (χ2n) is 8.39. The lowest BCUT2D eigenvalue weighted by molar-refractivity contribution is 0.383. The molecule has 158 valence electrons. The summed E-state index contributed by atoms with van der Waals surface area (Å²) in [5, 5.41) is 8.53. The van der Waals surface area contributed by atoms with Crippen LogP contribution in [0.5, 0.6) is 0 Å². The molecule has 3 heterocycles. The molecule has 1 fully saturated rings. The highest BCUT2D eigenvalue weighted by molar-refractivity contribution is 7.89. The average Bonchev–Trinajstić information content (AvgIpc) is 3.28. The van der Waals surface area contributed by atoms with Gasteiger partial charge in [-0.1, -0.05) is 32.9 Å². The second-order valence-corrected chi connectivity index (χ2v) is 10.3. The zero-order valence-electron chi connectivity index (χ0n) is 17.4. The third-order valence-electron chi connectivity index (χ3n) is 5.33. The molecule has 0 saturated carbocycles. The number of nitrogens with zero attached hydrogens (tertiary/aromatic N) is 6. The molecule has 4 rings (SSSR count). The summed E-state index contributed by atoms with van der Waals surface area (Å²) in [6.45, 7) is 8.29. The molecule has 0 radical (unpaired) electrons. The minimum atomic E-state index is -3.51. The lowest BCUT2D eigenvalue weighted by Crippen LogP contribution is -2.49. The first-order valence-electron chi connectivity index (χ1n) is 9.93. The molecule has 1 aliphatic heterocycles. The van der Waals surface area contributed by atoms with Crippen molar-refractivity contribution in [3.63, 3.8) is 0 Å². The fraction of sp³-hybridized carbons (Fsp3) is 0.381. The fourth-order valence-corrected chi connectivity index (χ4v) is 4.87. The normalized spacial score (nSPS) is 16.0. The minimum Gasteiger partial charge on any atom is -0.352 e. The van der Waals surface area contributed by atoms with Gasteiger partial charge in [0, 0.05) is 38.6 Å². The van der Waals surface area contributed by atoms with Gasteiger partial charge in [-0.3, -0.25) is 4.57 Å². The average molecular weight is 427 g/mol. The van der Waals surface area contributed by atoms with Crippen LogP contribution >= 0.6 is 0 Å². The maximum atomic E-state index is 13.0. The van der Waals surface area contributed by atoms with Gasteiger partial charge in [0.15, 0.2) is 11.6 Å². The lowest BCUT2D eigenvalue weighted by atomic mass is 9.87. The molecule has 0 amide bonds. The Hall–Kier alpha value is -2.78. The van der Waals surface area contributed by atoms with Crippen molar-refractivity contribution in [2.75, 3.05) is 31.1 Å². The fourth-order valence-electron chi connectivity index (χ4n) is 3.45. The number of benzene rings is 1. The van der Waals surface area contributed by atoms with Crippen LogP contribution in [0.15, 0.2) is 60.0 Å². The number of sulfonamides is 1. The first-order chi connectivity index (χ1) is 14.2. The Labute approximate surface area is 177 Å². The summed E-state index contributed by atoms with van der Waals surface area (Å²) in [5.41, 5.74) is 1.10. The van der Waals surface area contributed by atoms with Crippen molar-refractivity contribution < 1.29 is 8.42 Å². The summed E-state index contributed by atoms with van der Waals surface area (Å²) in [7, 11) is -3.51. The molecule has 0 spiro atoms. The summed E-state index contributed by atoms with van der Waals surface area (Å²) >= 11 is 0. The lowest BCUT2D eigenvalue weighted by Gasteiger charge is -2.34.